The summed E-state index contributed by atoms with van der Waals surface area (Å²) in [4.78, 5) is 0. The van der Waals surface area contributed by atoms with Gasteiger partial charge in [-0.1, -0.05) is 58.9 Å². The topological polar surface area (TPSA) is 0 Å². The fourth-order valence-electron chi connectivity index (χ4n) is 2.11. The summed E-state index contributed by atoms with van der Waals surface area (Å²) in [6, 6.07) is 4.67. The van der Waals surface area contributed by atoms with Crippen LogP contribution in [0.25, 0.3) is 0 Å². The van der Waals surface area contributed by atoms with E-state index < -0.39 is 0 Å². The normalized spacial score (nSPS) is 10.5. The maximum atomic E-state index is 4.26. The van der Waals surface area contributed by atoms with Gasteiger partial charge in [0.25, 0.3) is 0 Å². The van der Waals surface area contributed by atoms with Crippen LogP contribution in [0.3, 0.4) is 0 Å². The van der Waals surface area contributed by atoms with Crippen molar-refractivity contribution in [1.82, 2.24) is 0 Å². The van der Waals surface area contributed by atoms with Crippen LogP contribution >= 0.6 is 0 Å². The van der Waals surface area contributed by atoms with E-state index in [4.69, 9.17) is 0 Å². The zero-order valence-electron chi connectivity index (χ0n) is 12.7. The van der Waals surface area contributed by atoms with Gasteiger partial charge in [-0.05, 0) is 5.92 Å². The SMILES string of the molecule is [Br-].[CH2-]c1c(C(C)C)cc(C(C)C)cc1C(C)C.[Mg+2]. The average molecular weight is 322 g/mol. The number of hydrogen-bond acceptors (Lipinski definition) is 0. The van der Waals surface area contributed by atoms with Crippen LogP contribution in [0.5, 0.6) is 0 Å². The third kappa shape index (κ3) is 4.79. The molecule has 1 aromatic carbocycles. The van der Waals surface area contributed by atoms with Crippen LogP contribution in [0, 0.1) is 6.92 Å². The quantitative estimate of drug-likeness (QED) is 0.589. The summed E-state index contributed by atoms with van der Waals surface area (Å²) in [5.74, 6) is 1.71. The maximum absolute atomic E-state index is 4.26. The zero-order valence-corrected chi connectivity index (χ0v) is 15.7. The van der Waals surface area contributed by atoms with Gasteiger partial charge < -0.3 is 17.0 Å². The van der Waals surface area contributed by atoms with Gasteiger partial charge in [0.05, 0.1) is 0 Å². The Balaban J connectivity index is 0. The van der Waals surface area contributed by atoms with Crippen molar-refractivity contribution in [2.75, 3.05) is 0 Å². The first-order valence-electron chi connectivity index (χ1n) is 6.34. The number of hydrogen-bond donors (Lipinski definition) is 0. The summed E-state index contributed by atoms with van der Waals surface area (Å²) in [5.41, 5.74) is 5.51. The number of benzene rings is 1. The van der Waals surface area contributed by atoms with Crippen LogP contribution in [-0.2, 0) is 0 Å². The van der Waals surface area contributed by atoms with E-state index in [-0.39, 0.29) is 40.0 Å². The summed E-state index contributed by atoms with van der Waals surface area (Å²) in [6.07, 6.45) is 0. The molecule has 18 heavy (non-hydrogen) atoms. The van der Waals surface area contributed by atoms with Gasteiger partial charge >= 0.3 is 23.1 Å². The molecule has 98 valence electrons. The van der Waals surface area contributed by atoms with Gasteiger partial charge in [0.15, 0.2) is 0 Å². The van der Waals surface area contributed by atoms with E-state index in [0.29, 0.717) is 17.8 Å². The Hall–Kier alpha value is 0.336. The molecule has 1 rings (SSSR count). The Morgan fingerprint density at radius 1 is 0.778 bits per heavy atom. The Morgan fingerprint density at radius 3 is 1.33 bits per heavy atom. The smallest absolute Gasteiger partial charge is 1.00 e. The molecule has 0 heterocycles. The Kier molecular flexibility index (Phi) is 9.75. The first-order valence-corrected chi connectivity index (χ1v) is 6.34. The molecule has 0 nitrogen and oxygen atoms in total. The van der Waals surface area contributed by atoms with Crippen LogP contribution < -0.4 is 17.0 Å². The summed E-state index contributed by atoms with van der Waals surface area (Å²) < 4.78 is 0. The first kappa shape index (κ1) is 20.6. The van der Waals surface area contributed by atoms with Crippen molar-refractivity contribution in [3.63, 3.8) is 0 Å². The monoisotopic (exact) mass is 320 g/mol. The second-order valence-electron chi connectivity index (χ2n) is 5.64. The Labute approximate surface area is 140 Å². The molecule has 0 saturated carbocycles. The molecule has 0 aliphatic rings. The van der Waals surface area contributed by atoms with Crippen molar-refractivity contribution in [2.24, 2.45) is 0 Å². The summed E-state index contributed by atoms with van der Waals surface area (Å²) in [7, 11) is 0. The minimum Gasteiger partial charge on any atom is -1.00 e. The molecule has 0 bridgehead atoms. The second-order valence-corrected chi connectivity index (χ2v) is 5.64. The predicted octanol–water partition coefficient (Wildman–Crippen LogP) is 1.86. The van der Waals surface area contributed by atoms with E-state index in [1.54, 1.807) is 0 Å². The van der Waals surface area contributed by atoms with Gasteiger partial charge in [0.1, 0.15) is 0 Å². The van der Waals surface area contributed by atoms with E-state index in [0.717, 1.165) is 0 Å². The minimum absolute atomic E-state index is 0. The standard InChI is InChI=1S/C16H25.BrH.Mg/c1-10(2)14-8-15(11(3)4)13(7)16(9-14)12(5)6;;/h8-12H,7H2,1-6H3;1H;/q-1;;+2/p-1. The molecule has 0 amide bonds. The van der Waals surface area contributed by atoms with E-state index >= 15 is 0 Å². The van der Waals surface area contributed by atoms with E-state index in [9.17, 15) is 0 Å². The van der Waals surface area contributed by atoms with Crippen molar-refractivity contribution in [3.8, 4) is 0 Å². The van der Waals surface area contributed by atoms with Gasteiger partial charge in [-0.2, -0.15) is 12.5 Å². The average Bonchev–Trinajstić information content (AvgIpc) is 2.16. The molecule has 0 saturated heterocycles. The van der Waals surface area contributed by atoms with Crippen molar-refractivity contribution in [2.45, 2.75) is 59.3 Å². The Morgan fingerprint density at radius 2 is 1.11 bits per heavy atom. The number of rotatable bonds is 3. The number of halogens is 1. The van der Waals surface area contributed by atoms with Gasteiger partial charge in [0, 0.05) is 0 Å². The van der Waals surface area contributed by atoms with Crippen molar-refractivity contribution >= 4 is 23.1 Å². The molecule has 0 aliphatic heterocycles. The van der Waals surface area contributed by atoms with Crippen LogP contribution in [0.2, 0.25) is 0 Å². The third-order valence-corrected chi connectivity index (χ3v) is 3.25. The molecule has 1 aromatic rings. The molecule has 2 heteroatoms. The van der Waals surface area contributed by atoms with Crippen LogP contribution in [0.15, 0.2) is 12.1 Å². The van der Waals surface area contributed by atoms with Gasteiger partial charge in [0.2, 0.25) is 0 Å². The van der Waals surface area contributed by atoms with Crippen molar-refractivity contribution < 1.29 is 17.0 Å². The fourth-order valence-corrected chi connectivity index (χ4v) is 2.11. The molecule has 0 radical (unpaired) electrons. The van der Waals surface area contributed by atoms with Crippen LogP contribution in [-0.4, -0.2) is 23.1 Å². The predicted molar refractivity (Wildman–Crippen MR) is 78.9 cm³/mol. The van der Waals surface area contributed by atoms with E-state index in [2.05, 4.69) is 60.6 Å². The van der Waals surface area contributed by atoms with Crippen LogP contribution in [0.1, 0.15) is 81.5 Å². The fraction of sp³-hybridized carbons (Fsp3) is 0.562. The van der Waals surface area contributed by atoms with Crippen LogP contribution in [0.4, 0.5) is 0 Å². The molecule has 0 aliphatic carbocycles. The van der Waals surface area contributed by atoms with Gasteiger partial charge in [-0.15, -0.1) is 23.3 Å². The maximum Gasteiger partial charge on any atom is 2.00 e. The summed E-state index contributed by atoms with van der Waals surface area (Å²) >= 11 is 0. The first-order chi connectivity index (χ1) is 7.34. The largest absolute Gasteiger partial charge is 2.00 e. The van der Waals surface area contributed by atoms with E-state index in [1.807, 2.05) is 0 Å². The van der Waals surface area contributed by atoms with Crippen molar-refractivity contribution in [1.29, 1.82) is 0 Å². The zero-order chi connectivity index (χ0) is 12.5. The van der Waals surface area contributed by atoms with Gasteiger partial charge in [-0.3, -0.25) is 0 Å². The molecule has 0 atom stereocenters. The molecular weight excluding hydrogens is 296 g/mol. The summed E-state index contributed by atoms with van der Waals surface area (Å²) in [6.45, 7) is 17.8. The molecule has 0 aromatic heterocycles. The molecular formula is C16H25BrMg. The minimum atomic E-state index is 0. The second kappa shape index (κ2) is 8.50. The van der Waals surface area contributed by atoms with Gasteiger partial charge in [-0.25, -0.2) is 0 Å². The third-order valence-electron chi connectivity index (χ3n) is 3.25. The molecule has 0 unspecified atom stereocenters. The van der Waals surface area contributed by atoms with E-state index in [1.165, 1.54) is 22.3 Å². The molecule has 0 fully saturated rings. The molecule has 0 spiro atoms. The molecule has 0 N–H and O–H groups in total. The Bertz CT molecular complexity index is 338. The summed E-state index contributed by atoms with van der Waals surface area (Å²) in [5, 5.41) is 0. The van der Waals surface area contributed by atoms with Crippen molar-refractivity contribution in [3.05, 3.63) is 41.3 Å².